The monoisotopic (exact) mass is 404 g/mol. The van der Waals surface area contributed by atoms with E-state index in [-0.39, 0.29) is 5.91 Å². The fourth-order valence-corrected chi connectivity index (χ4v) is 3.85. The van der Waals surface area contributed by atoms with Crippen LogP contribution in [0, 0.1) is 0 Å². The number of nitrogens with zero attached hydrogens (tertiary/aromatic N) is 2. The summed E-state index contributed by atoms with van der Waals surface area (Å²) in [6, 6.07) is 15.0. The standard InChI is InChI=1S/C24H28N4O2/c25-23-16-19(17-26-23)21-6-2-3-7-22(21)27-24(29)18-8-10-20(11-9-18)30-15-14-28-12-4-1-5-13-28/h2-3,6-11,16H,1,4-5,12-15,17H2,(H2,25,26)(H,27,29). The van der Waals surface area contributed by atoms with Gasteiger partial charge >= 0.3 is 0 Å². The topological polar surface area (TPSA) is 79.9 Å². The van der Waals surface area contributed by atoms with Crippen LogP contribution in [0.1, 0.15) is 35.2 Å². The van der Waals surface area contributed by atoms with Gasteiger partial charge in [-0.2, -0.15) is 0 Å². The van der Waals surface area contributed by atoms with Crippen molar-refractivity contribution in [1.82, 2.24) is 4.90 Å². The van der Waals surface area contributed by atoms with E-state index in [1.165, 1.54) is 32.4 Å². The predicted molar refractivity (Wildman–Crippen MR) is 121 cm³/mol. The second kappa shape index (κ2) is 9.59. The van der Waals surface area contributed by atoms with Crippen LogP contribution in [0.3, 0.4) is 0 Å². The van der Waals surface area contributed by atoms with Gasteiger partial charge in [0, 0.05) is 23.4 Å². The molecule has 30 heavy (non-hydrogen) atoms. The highest BCUT2D eigenvalue weighted by atomic mass is 16.5. The van der Waals surface area contributed by atoms with E-state index in [0.717, 1.165) is 29.1 Å². The second-order valence-electron chi connectivity index (χ2n) is 7.69. The number of carbonyl (C=O) groups is 1. The van der Waals surface area contributed by atoms with Crippen molar-refractivity contribution in [2.75, 3.05) is 38.1 Å². The average Bonchev–Trinajstić information content (AvgIpc) is 3.21. The number of carbonyl (C=O) groups excluding carboxylic acids is 1. The molecule has 4 rings (SSSR count). The van der Waals surface area contributed by atoms with E-state index in [4.69, 9.17) is 10.5 Å². The maximum atomic E-state index is 12.7. The Balaban J connectivity index is 1.34. The summed E-state index contributed by atoms with van der Waals surface area (Å²) < 4.78 is 5.85. The zero-order valence-corrected chi connectivity index (χ0v) is 17.1. The number of amidine groups is 1. The Morgan fingerprint density at radius 3 is 2.57 bits per heavy atom. The molecule has 2 heterocycles. The van der Waals surface area contributed by atoms with Crippen molar-refractivity contribution in [2.45, 2.75) is 19.3 Å². The summed E-state index contributed by atoms with van der Waals surface area (Å²) in [5.74, 6) is 1.14. The maximum Gasteiger partial charge on any atom is 0.255 e. The Morgan fingerprint density at radius 1 is 1.07 bits per heavy atom. The fraction of sp³-hybridized carbons (Fsp3) is 0.333. The molecule has 0 bridgehead atoms. The highest BCUT2D eigenvalue weighted by molar-refractivity contribution is 6.08. The van der Waals surface area contributed by atoms with E-state index >= 15 is 0 Å². The van der Waals surface area contributed by atoms with Crippen LogP contribution >= 0.6 is 0 Å². The molecule has 1 fully saturated rings. The summed E-state index contributed by atoms with van der Waals surface area (Å²) in [6.07, 6.45) is 5.75. The highest BCUT2D eigenvalue weighted by Gasteiger charge is 2.15. The quantitative estimate of drug-likeness (QED) is 0.740. The molecule has 1 saturated heterocycles. The molecule has 0 aromatic heterocycles. The zero-order valence-electron chi connectivity index (χ0n) is 17.1. The van der Waals surface area contributed by atoms with Crippen LogP contribution in [-0.2, 0) is 0 Å². The van der Waals surface area contributed by atoms with Crippen LogP contribution in [0.2, 0.25) is 0 Å². The van der Waals surface area contributed by atoms with Crippen LogP contribution in [0.5, 0.6) is 5.75 Å². The summed E-state index contributed by atoms with van der Waals surface area (Å²) in [4.78, 5) is 19.4. The predicted octanol–water partition coefficient (Wildman–Crippen LogP) is 3.56. The third kappa shape index (κ3) is 5.07. The molecule has 0 atom stereocenters. The minimum absolute atomic E-state index is 0.158. The first kappa shape index (κ1) is 20.2. The van der Waals surface area contributed by atoms with Crippen molar-refractivity contribution in [3.63, 3.8) is 0 Å². The van der Waals surface area contributed by atoms with Crippen LogP contribution < -0.4 is 15.8 Å². The van der Waals surface area contributed by atoms with Gasteiger partial charge in [0.15, 0.2) is 0 Å². The van der Waals surface area contributed by atoms with Crippen molar-refractivity contribution in [2.24, 2.45) is 10.7 Å². The third-order valence-electron chi connectivity index (χ3n) is 5.52. The number of para-hydroxylation sites is 1. The van der Waals surface area contributed by atoms with Crippen LogP contribution in [-0.4, -0.2) is 49.4 Å². The van der Waals surface area contributed by atoms with Crippen molar-refractivity contribution in [3.8, 4) is 5.75 Å². The average molecular weight is 405 g/mol. The van der Waals surface area contributed by atoms with Crippen molar-refractivity contribution >= 4 is 23.0 Å². The van der Waals surface area contributed by atoms with Crippen molar-refractivity contribution < 1.29 is 9.53 Å². The first-order valence-electron chi connectivity index (χ1n) is 10.6. The van der Waals surface area contributed by atoms with Gasteiger partial charge in [-0.3, -0.25) is 14.7 Å². The van der Waals surface area contributed by atoms with Gasteiger partial charge in [-0.15, -0.1) is 0 Å². The van der Waals surface area contributed by atoms with Crippen LogP contribution in [0.15, 0.2) is 59.6 Å². The number of amides is 1. The first-order valence-corrected chi connectivity index (χ1v) is 10.6. The van der Waals surface area contributed by atoms with E-state index in [1.54, 1.807) is 12.1 Å². The number of rotatable bonds is 7. The Labute approximate surface area is 177 Å². The first-order chi connectivity index (χ1) is 14.7. The van der Waals surface area contributed by atoms with E-state index in [0.29, 0.717) is 24.6 Å². The Kier molecular flexibility index (Phi) is 6.44. The molecule has 0 saturated carbocycles. The molecule has 2 aliphatic rings. The highest BCUT2D eigenvalue weighted by Crippen LogP contribution is 2.26. The van der Waals surface area contributed by atoms with E-state index in [2.05, 4.69) is 15.2 Å². The fourth-order valence-electron chi connectivity index (χ4n) is 3.85. The summed E-state index contributed by atoms with van der Waals surface area (Å²) >= 11 is 0. The molecule has 6 nitrogen and oxygen atoms in total. The number of hydrogen-bond acceptors (Lipinski definition) is 5. The molecule has 0 spiro atoms. The Hall–Kier alpha value is -3.12. The summed E-state index contributed by atoms with van der Waals surface area (Å²) in [5, 5.41) is 3.01. The SMILES string of the molecule is NC1=NCC(c2ccccc2NC(=O)c2ccc(OCCN3CCCCC3)cc2)=C1. The Bertz CT molecular complexity index is 944. The van der Waals surface area contributed by atoms with E-state index < -0.39 is 0 Å². The number of ether oxygens (including phenoxy) is 1. The molecule has 6 heteroatoms. The van der Waals surface area contributed by atoms with Gasteiger partial charge in [0.05, 0.1) is 6.54 Å². The third-order valence-corrected chi connectivity index (χ3v) is 5.52. The van der Waals surface area contributed by atoms with E-state index in [1.807, 2.05) is 42.5 Å². The number of nitrogens with two attached hydrogens (primary N) is 1. The molecule has 2 aromatic carbocycles. The minimum atomic E-state index is -0.158. The van der Waals surface area contributed by atoms with Gasteiger partial charge in [-0.25, -0.2) is 0 Å². The normalized spacial score (nSPS) is 16.7. The zero-order chi connectivity index (χ0) is 20.8. The summed E-state index contributed by atoms with van der Waals surface area (Å²) in [7, 11) is 0. The van der Waals surface area contributed by atoms with Gasteiger partial charge in [0.2, 0.25) is 0 Å². The molecular formula is C24H28N4O2. The van der Waals surface area contributed by atoms with Crippen molar-refractivity contribution in [1.29, 1.82) is 0 Å². The van der Waals surface area contributed by atoms with Gasteiger partial charge in [-0.05, 0) is 67.9 Å². The van der Waals surface area contributed by atoms with Crippen LogP contribution in [0.4, 0.5) is 5.69 Å². The molecule has 2 aliphatic heterocycles. The number of anilines is 1. The summed E-state index contributed by atoms with van der Waals surface area (Å²) in [6.45, 7) is 4.48. The number of nitrogens with one attached hydrogen (secondary N) is 1. The molecule has 1 amide bonds. The number of hydrogen-bond donors (Lipinski definition) is 2. The molecule has 2 aromatic rings. The van der Waals surface area contributed by atoms with Crippen LogP contribution in [0.25, 0.3) is 5.57 Å². The molecule has 0 aliphatic carbocycles. The lowest BCUT2D eigenvalue weighted by atomic mass is 10.0. The number of benzene rings is 2. The Morgan fingerprint density at radius 2 is 1.83 bits per heavy atom. The van der Waals surface area contributed by atoms with Gasteiger partial charge in [0.25, 0.3) is 5.91 Å². The lowest BCUT2D eigenvalue weighted by Crippen LogP contribution is -2.33. The molecule has 0 unspecified atom stereocenters. The maximum absolute atomic E-state index is 12.7. The number of piperidine rings is 1. The molecule has 156 valence electrons. The molecular weight excluding hydrogens is 376 g/mol. The van der Waals surface area contributed by atoms with Gasteiger partial charge < -0.3 is 15.8 Å². The lowest BCUT2D eigenvalue weighted by molar-refractivity contribution is 0.102. The largest absolute Gasteiger partial charge is 0.492 e. The molecule has 3 N–H and O–H groups in total. The molecule has 0 radical (unpaired) electrons. The van der Waals surface area contributed by atoms with Gasteiger partial charge in [0.1, 0.15) is 18.2 Å². The second-order valence-corrected chi connectivity index (χ2v) is 7.69. The van der Waals surface area contributed by atoms with E-state index in [9.17, 15) is 4.79 Å². The number of likely N-dealkylation sites (tertiary alicyclic amines) is 1. The minimum Gasteiger partial charge on any atom is -0.492 e. The summed E-state index contributed by atoms with van der Waals surface area (Å²) in [5.41, 5.74) is 9.04. The number of aliphatic imine (C=N–C) groups is 1. The van der Waals surface area contributed by atoms with Crippen molar-refractivity contribution in [3.05, 3.63) is 65.7 Å². The lowest BCUT2D eigenvalue weighted by Gasteiger charge is -2.26. The van der Waals surface area contributed by atoms with Gasteiger partial charge in [-0.1, -0.05) is 24.6 Å². The smallest absolute Gasteiger partial charge is 0.255 e.